The van der Waals surface area contributed by atoms with Crippen LogP contribution in [0.3, 0.4) is 0 Å². The van der Waals surface area contributed by atoms with E-state index in [-0.39, 0.29) is 6.10 Å². The van der Waals surface area contributed by atoms with Gasteiger partial charge in [0.15, 0.2) is 5.79 Å². The Balaban J connectivity index is 1.75. The molecule has 2 atom stereocenters. The lowest BCUT2D eigenvalue weighted by molar-refractivity contribution is -0.197. The summed E-state index contributed by atoms with van der Waals surface area (Å²) >= 11 is 0. The molecule has 1 aliphatic heterocycles. The molecule has 2 aliphatic rings. The second-order valence-corrected chi connectivity index (χ2v) is 5.94. The van der Waals surface area contributed by atoms with Crippen LogP contribution in [0.5, 0.6) is 5.75 Å². The number of rotatable bonds is 4. The predicted molar refractivity (Wildman–Crippen MR) is 81.5 cm³/mol. The highest BCUT2D eigenvalue weighted by molar-refractivity contribution is 5.32. The van der Waals surface area contributed by atoms with E-state index in [1.165, 1.54) is 5.56 Å². The Kier molecular flexibility index (Phi) is 4.48. The molecule has 4 heteroatoms. The quantitative estimate of drug-likeness (QED) is 0.926. The molecule has 1 saturated heterocycles. The van der Waals surface area contributed by atoms with Gasteiger partial charge in [-0.2, -0.15) is 0 Å². The molecule has 4 nitrogen and oxygen atoms in total. The van der Waals surface area contributed by atoms with Crippen molar-refractivity contribution in [3.05, 3.63) is 29.8 Å². The molecule has 1 spiro atoms. The van der Waals surface area contributed by atoms with Gasteiger partial charge in [0.05, 0.1) is 13.2 Å². The largest absolute Gasteiger partial charge is 0.488 e. The third-order valence-corrected chi connectivity index (χ3v) is 4.45. The molecule has 0 bridgehead atoms. The monoisotopic (exact) mass is 291 g/mol. The molecule has 1 aliphatic carbocycles. The van der Waals surface area contributed by atoms with Crippen LogP contribution in [0, 0.1) is 6.92 Å². The summed E-state index contributed by atoms with van der Waals surface area (Å²) in [5.74, 6) is 0.541. The Hall–Kier alpha value is -1.10. The van der Waals surface area contributed by atoms with E-state index in [0.717, 1.165) is 31.6 Å². The zero-order valence-corrected chi connectivity index (χ0v) is 12.9. The van der Waals surface area contributed by atoms with Crippen molar-refractivity contribution in [2.45, 2.75) is 51.0 Å². The van der Waals surface area contributed by atoms with Crippen LogP contribution in [0.25, 0.3) is 0 Å². The van der Waals surface area contributed by atoms with Gasteiger partial charge >= 0.3 is 0 Å². The second-order valence-electron chi connectivity index (χ2n) is 5.94. The van der Waals surface area contributed by atoms with Gasteiger partial charge in [-0.3, -0.25) is 0 Å². The molecule has 116 valence electrons. The van der Waals surface area contributed by atoms with Crippen molar-refractivity contribution < 1.29 is 14.2 Å². The minimum absolute atomic E-state index is 0.0814. The van der Waals surface area contributed by atoms with Gasteiger partial charge in [-0.1, -0.05) is 25.1 Å². The van der Waals surface area contributed by atoms with E-state index in [4.69, 9.17) is 14.2 Å². The molecule has 21 heavy (non-hydrogen) atoms. The number of hydrogen-bond acceptors (Lipinski definition) is 4. The summed E-state index contributed by atoms with van der Waals surface area (Å²) in [5.41, 5.74) is 1.17. The zero-order chi connectivity index (χ0) is 14.7. The Labute approximate surface area is 126 Å². The molecule has 0 radical (unpaired) electrons. The van der Waals surface area contributed by atoms with Crippen LogP contribution in [0.1, 0.15) is 31.7 Å². The lowest BCUT2D eigenvalue weighted by Crippen LogP contribution is -2.53. The molecule has 1 heterocycles. The third-order valence-electron chi connectivity index (χ3n) is 4.45. The molecule has 2 unspecified atom stereocenters. The molecule has 1 N–H and O–H groups in total. The summed E-state index contributed by atoms with van der Waals surface area (Å²) in [6, 6.07) is 8.53. The van der Waals surface area contributed by atoms with E-state index in [1.807, 2.05) is 18.2 Å². The summed E-state index contributed by atoms with van der Waals surface area (Å²) in [6.45, 7) is 6.56. The van der Waals surface area contributed by atoms with Gasteiger partial charge < -0.3 is 19.5 Å². The SMILES string of the molecule is CCNC1CCC2(CC1Oc1ccccc1C)OCCO2. The molecular formula is C17H25NO3. The maximum absolute atomic E-state index is 6.32. The maximum atomic E-state index is 6.32. The van der Waals surface area contributed by atoms with E-state index < -0.39 is 5.79 Å². The summed E-state index contributed by atoms with van der Waals surface area (Å²) in [4.78, 5) is 0. The van der Waals surface area contributed by atoms with Gasteiger partial charge in [-0.05, 0) is 31.5 Å². The fraction of sp³-hybridized carbons (Fsp3) is 0.647. The van der Waals surface area contributed by atoms with E-state index in [2.05, 4.69) is 25.2 Å². The van der Waals surface area contributed by atoms with Crippen LogP contribution in [0.2, 0.25) is 0 Å². The van der Waals surface area contributed by atoms with Crippen molar-refractivity contribution >= 4 is 0 Å². The van der Waals surface area contributed by atoms with Crippen molar-refractivity contribution in [2.75, 3.05) is 19.8 Å². The van der Waals surface area contributed by atoms with Crippen LogP contribution >= 0.6 is 0 Å². The van der Waals surface area contributed by atoms with Crippen molar-refractivity contribution in [2.24, 2.45) is 0 Å². The summed E-state index contributed by atoms with van der Waals surface area (Å²) < 4.78 is 18.1. The first-order chi connectivity index (χ1) is 10.2. The maximum Gasteiger partial charge on any atom is 0.172 e. The number of para-hydroxylation sites is 1. The first-order valence-electron chi connectivity index (χ1n) is 7.96. The first kappa shape index (κ1) is 14.8. The van der Waals surface area contributed by atoms with Gasteiger partial charge in [0.1, 0.15) is 11.9 Å². The Bertz CT molecular complexity index is 471. The van der Waals surface area contributed by atoms with Gasteiger partial charge in [0.25, 0.3) is 0 Å². The second kappa shape index (κ2) is 6.34. The van der Waals surface area contributed by atoms with Crippen LogP contribution in [0.4, 0.5) is 0 Å². The lowest BCUT2D eigenvalue weighted by atomic mass is 9.87. The predicted octanol–water partition coefficient (Wildman–Crippen LogP) is 2.65. The molecule has 0 aromatic heterocycles. The van der Waals surface area contributed by atoms with Gasteiger partial charge in [0, 0.05) is 18.9 Å². The summed E-state index contributed by atoms with van der Waals surface area (Å²) in [5, 5.41) is 3.54. The fourth-order valence-corrected chi connectivity index (χ4v) is 3.34. The minimum atomic E-state index is -0.417. The van der Waals surface area contributed by atoms with Crippen molar-refractivity contribution in [3.63, 3.8) is 0 Å². The highest BCUT2D eigenvalue weighted by atomic mass is 16.7. The molecule has 1 saturated carbocycles. The Morgan fingerprint density at radius 3 is 2.76 bits per heavy atom. The molecule has 3 rings (SSSR count). The molecule has 0 amide bonds. The standard InChI is InChI=1S/C17H25NO3/c1-3-18-14-8-9-17(19-10-11-20-17)12-16(14)21-15-7-5-4-6-13(15)2/h4-7,14,16,18H,3,8-12H2,1-2H3. The van der Waals surface area contributed by atoms with Crippen molar-refractivity contribution in [3.8, 4) is 5.75 Å². The van der Waals surface area contributed by atoms with Gasteiger partial charge in [-0.25, -0.2) is 0 Å². The van der Waals surface area contributed by atoms with E-state index >= 15 is 0 Å². The van der Waals surface area contributed by atoms with E-state index in [1.54, 1.807) is 0 Å². The van der Waals surface area contributed by atoms with Crippen molar-refractivity contribution in [1.29, 1.82) is 0 Å². The third kappa shape index (κ3) is 3.23. The first-order valence-corrected chi connectivity index (χ1v) is 7.96. The number of ether oxygens (including phenoxy) is 3. The normalized spacial score (nSPS) is 27.9. The van der Waals surface area contributed by atoms with Gasteiger partial charge in [0.2, 0.25) is 0 Å². The highest BCUT2D eigenvalue weighted by Crippen LogP contribution is 2.37. The Morgan fingerprint density at radius 1 is 1.29 bits per heavy atom. The molecule has 2 fully saturated rings. The molecule has 1 aromatic carbocycles. The fourth-order valence-electron chi connectivity index (χ4n) is 3.34. The van der Waals surface area contributed by atoms with Crippen LogP contribution < -0.4 is 10.1 Å². The average Bonchev–Trinajstić information content (AvgIpc) is 2.93. The average molecular weight is 291 g/mol. The zero-order valence-electron chi connectivity index (χ0n) is 12.9. The van der Waals surface area contributed by atoms with E-state index in [0.29, 0.717) is 19.3 Å². The number of likely N-dealkylation sites (N-methyl/N-ethyl adjacent to an activating group) is 1. The summed E-state index contributed by atoms with van der Waals surface area (Å²) in [6.07, 6.45) is 2.83. The smallest absolute Gasteiger partial charge is 0.172 e. The number of hydrogen-bond donors (Lipinski definition) is 1. The topological polar surface area (TPSA) is 39.7 Å². The number of benzene rings is 1. The van der Waals surface area contributed by atoms with Gasteiger partial charge in [-0.15, -0.1) is 0 Å². The molecule has 1 aromatic rings. The number of nitrogens with one attached hydrogen (secondary N) is 1. The highest BCUT2D eigenvalue weighted by Gasteiger charge is 2.46. The van der Waals surface area contributed by atoms with Crippen LogP contribution in [0.15, 0.2) is 24.3 Å². The number of aryl methyl sites for hydroxylation is 1. The molecular weight excluding hydrogens is 266 g/mol. The Morgan fingerprint density at radius 2 is 2.05 bits per heavy atom. The van der Waals surface area contributed by atoms with Crippen molar-refractivity contribution in [1.82, 2.24) is 5.32 Å². The van der Waals surface area contributed by atoms with Crippen LogP contribution in [-0.4, -0.2) is 37.7 Å². The lowest BCUT2D eigenvalue weighted by Gasteiger charge is -2.41. The minimum Gasteiger partial charge on any atom is -0.488 e. The van der Waals surface area contributed by atoms with Crippen LogP contribution in [-0.2, 0) is 9.47 Å². The summed E-state index contributed by atoms with van der Waals surface area (Å²) in [7, 11) is 0. The van der Waals surface area contributed by atoms with E-state index in [9.17, 15) is 0 Å².